The minimum absolute atomic E-state index is 0.166. The van der Waals surface area contributed by atoms with E-state index in [1.165, 1.54) is 0 Å². The summed E-state index contributed by atoms with van der Waals surface area (Å²) in [4.78, 5) is 9.14. The van der Waals surface area contributed by atoms with Crippen molar-refractivity contribution in [3.05, 3.63) is 23.7 Å². The van der Waals surface area contributed by atoms with Crippen molar-refractivity contribution >= 4 is 22.8 Å². The fourth-order valence-corrected chi connectivity index (χ4v) is 2.60. The number of fused-ring (bicyclic) bond motifs is 1. The first-order chi connectivity index (χ1) is 9.35. The minimum Gasteiger partial charge on any atom is -0.374 e. The van der Waals surface area contributed by atoms with Gasteiger partial charge in [-0.1, -0.05) is 0 Å². The van der Waals surface area contributed by atoms with Crippen LogP contribution in [-0.4, -0.2) is 26.7 Å². The van der Waals surface area contributed by atoms with Crippen molar-refractivity contribution in [2.45, 2.75) is 52.1 Å². The molecule has 2 aromatic rings. The summed E-state index contributed by atoms with van der Waals surface area (Å²) in [6, 6.07) is 1.97. The Balaban J connectivity index is 2.55. The van der Waals surface area contributed by atoms with Crippen molar-refractivity contribution in [1.29, 1.82) is 0 Å². The molecule has 0 saturated carbocycles. The molecule has 0 aliphatic rings. The molecule has 0 saturated heterocycles. The molecule has 0 fully saturated rings. The third-order valence-electron chi connectivity index (χ3n) is 3.30. The minimum atomic E-state index is -0.283. The van der Waals surface area contributed by atoms with E-state index < -0.39 is 0 Å². The van der Waals surface area contributed by atoms with E-state index in [4.69, 9.17) is 16.3 Å². The normalized spacial score (nSPS) is 13.9. The van der Waals surface area contributed by atoms with E-state index in [0.29, 0.717) is 13.2 Å². The molecular formula is C15H22ClN3O. The third-order valence-corrected chi connectivity index (χ3v) is 3.49. The summed E-state index contributed by atoms with van der Waals surface area (Å²) in [5.74, 6) is 0.844. The highest BCUT2D eigenvalue weighted by molar-refractivity contribution is 6.20. The van der Waals surface area contributed by atoms with Crippen molar-refractivity contribution in [2.24, 2.45) is 0 Å². The van der Waals surface area contributed by atoms with Gasteiger partial charge in [0.1, 0.15) is 11.3 Å². The van der Waals surface area contributed by atoms with Gasteiger partial charge in [0.15, 0.2) is 5.65 Å². The predicted molar refractivity (Wildman–Crippen MR) is 82.2 cm³/mol. The average Bonchev–Trinajstić information content (AvgIpc) is 2.69. The Morgan fingerprint density at radius 3 is 2.75 bits per heavy atom. The van der Waals surface area contributed by atoms with E-state index in [9.17, 15) is 0 Å². The summed E-state index contributed by atoms with van der Waals surface area (Å²) in [5.41, 5.74) is 2.62. The second-order valence-corrected chi connectivity index (χ2v) is 6.32. The Morgan fingerprint density at radius 1 is 1.45 bits per heavy atom. The number of alkyl halides is 1. The maximum Gasteiger partial charge on any atom is 0.160 e. The molecule has 2 heterocycles. The van der Waals surface area contributed by atoms with Crippen molar-refractivity contribution in [1.82, 2.24) is 14.5 Å². The van der Waals surface area contributed by atoms with Crippen LogP contribution in [0.5, 0.6) is 0 Å². The lowest BCUT2D eigenvalue weighted by atomic mass is 10.1. The number of ether oxygens (including phenoxy) is 1. The van der Waals surface area contributed by atoms with Crippen LogP contribution in [0.25, 0.3) is 11.2 Å². The zero-order valence-corrected chi connectivity index (χ0v) is 13.5. The summed E-state index contributed by atoms with van der Waals surface area (Å²) in [6.45, 7) is 11.5. The molecule has 0 aromatic carbocycles. The lowest BCUT2D eigenvalue weighted by Crippen LogP contribution is -2.31. The topological polar surface area (TPSA) is 39.9 Å². The maximum atomic E-state index is 6.29. The SMILES string of the molecule is CCOC(C)(C)Cn1c(C(C)Cl)nc2c(C)ccnc21. The number of hydrogen-bond donors (Lipinski definition) is 0. The molecular weight excluding hydrogens is 274 g/mol. The second-order valence-electron chi connectivity index (χ2n) is 5.66. The molecule has 0 spiro atoms. The summed E-state index contributed by atoms with van der Waals surface area (Å²) in [6.07, 6.45) is 1.81. The molecule has 1 unspecified atom stereocenters. The molecule has 1 atom stereocenters. The molecule has 2 rings (SSSR count). The summed E-state index contributed by atoms with van der Waals surface area (Å²) >= 11 is 6.29. The Labute approximate surface area is 125 Å². The lowest BCUT2D eigenvalue weighted by molar-refractivity contribution is -0.0222. The largest absolute Gasteiger partial charge is 0.374 e. The van der Waals surface area contributed by atoms with Crippen molar-refractivity contribution in [2.75, 3.05) is 6.61 Å². The number of halogens is 1. The standard InChI is InChI=1S/C15H22ClN3O/c1-6-20-15(4,5)9-19-13(11(3)16)18-12-10(2)7-8-17-14(12)19/h7-8,11H,6,9H2,1-5H3. The second kappa shape index (κ2) is 5.70. The van der Waals surface area contributed by atoms with E-state index in [-0.39, 0.29) is 11.0 Å². The quantitative estimate of drug-likeness (QED) is 0.787. The molecule has 110 valence electrons. The highest BCUT2D eigenvalue weighted by Gasteiger charge is 2.24. The number of rotatable bonds is 5. The van der Waals surface area contributed by atoms with Gasteiger partial charge in [0.25, 0.3) is 0 Å². The molecule has 20 heavy (non-hydrogen) atoms. The molecule has 0 aliphatic heterocycles. The van der Waals surface area contributed by atoms with Crippen LogP contribution in [0.1, 0.15) is 44.5 Å². The van der Waals surface area contributed by atoms with Crippen LogP contribution in [0.15, 0.2) is 12.3 Å². The van der Waals surface area contributed by atoms with Crippen LogP contribution in [0.3, 0.4) is 0 Å². The Morgan fingerprint density at radius 2 is 2.15 bits per heavy atom. The van der Waals surface area contributed by atoms with Gasteiger partial charge in [-0.25, -0.2) is 9.97 Å². The Hall–Kier alpha value is -1.13. The molecule has 0 amide bonds. The first-order valence-electron chi connectivity index (χ1n) is 6.95. The van der Waals surface area contributed by atoms with Gasteiger partial charge < -0.3 is 9.30 Å². The van der Waals surface area contributed by atoms with Crippen LogP contribution in [0, 0.1) is 6.92 Å². The van der Waals surface area contributed by atoms with Gasteiger partial charge in [-0.2, -0.15) is 0 Å². The maximum absolute atomic E-state index is 6.29. The summed E-state index contributed by atoms with van der Waals surface area (Å²) < 4.78 is 7.88. The van der Waals surface area contributed by atoms with E-state index in [0.717, 1.165) is 22.6 Å². The van der Waals surface area contributed by atoms with Crippen LogP contribution in [-0.2, 0) is 11.3 Å². The van der Waals surface area contributed by atoms with E-state index in [2.05, 4.69) is 28.4 Å². The molecule has 0 aliphatic carbocycles. The number of pyridine rings is 1. The van der Waals surface area contributed by atoms with E-state index in [1.54, 1.807) is 0 Å². The van der Waals surface area contributed by atoms with Gasteiger partial charge >= 0.3 is 0 Å². The fourth-order valence-electron chi connectivity index (χ4n) is 2.43. The van der Waals surface area contributed by atoms with Crippen LogP contribution in [0.2, 0.25) is 0 Å². The van der Waals surface area contributed by atoms with Crippen molar-refractivity contribution in [3.63, 3.8) is 0 Å². The Kier molecular flexibility index (Phi) is 4.35. The Bertz CT molecular complexity index is 604. The van der Waals surface area contributed by atoms with E-state index in [1.807, 2.05) is 33.0 Å². The van der Waals surface area contributed by atoms with Crippen LogP contribution in [0.4, 0.5) is 0 Å². The summed E-state index contributed by atoms with van der Waals surface area (Å²) in [7, 11) is 0. The number of imidazole rings is 1. The molecule has 5 heteroatoms. The monoisotopic (exact) mass is 295 g/mol. The van der Waals surface area contributed by atoms with Gasteiger partial charge in [-0.3, -0.25) is 0 Å². The first kappa shape index (κ1) is 15.3. The van der Waals surface area contributed by atoms with Crippen molar-refractivity contribution < 1.29 is 4.74 Å². The van der Waals surface area contributed by atoms with Gasteiger partial charge in [-0.15, -0.1) is 11.6 Å². The third kappa shape index (κ3) is 2.96. The number of hydrogen-bond acceptors (Lipinski definition) is 3. The average molecular weight is 296 g/mol. The van der Waals surface area contributed by atoms with Crippen LogP contribution >= 0.6 is 11.6 Å². The smallest absolute Gasteiger partial charge is 0.160 e. The molecule has 4 nitrogen and oxygen atoms in total. The van der Waals surface area contributed by atoms with Gasteiger partial charge in [-0.05, 0) is 46.2 Å². The highest BCUT2D eigenvalue weighted by Crippen LogP contribution is 2.27. The predicted octanol–water partition coefficient (Wildman–Crippen LogP) is 3.85. The first-order valence-corrected chi connectivity index (χ1v) is 7.39. The number of nitrogens with zero attached hydrogens (tertiary/aromatic N) is 3. The number of aryl methyl sites for hydroxylation is 1. The zero-order chi connectivity index (χ0) is 14.9. The zero-order valence-electron chi connectivity index (χ0n) is 12.8. The fraction of sp³-hybridized carbons (Fsp3) is 0.600. The molecule has 0 N–H and O–H groups in total. The van der Waals surface area contributed by atoms with Gasteiger partial charge in [0.2, 0.25) is 0 Å². The molecule has 0 bridgehead atoms. The number of aromatic nitrogens is 3. The van der Waals surface area contributed by atoms with Gasteiger partial charge in [0, 0.05) is 12.8 Å². The highest BCUT2D eigenvalue weighted by atomic mass is 35.5. The summed E-state index contributed by atoms with van der Waals surface area (Å²) in [5, 5.41) is -0.166. The molecule has 0 radical (unpaired) electrons. The van der Waals surface area contributed by atoms with Gasteiger partial charge in [0.05, 0.1) is 17.5 Å². The lowest BCUT2D eigenvalue weighted by Gasteiger charge is -2.26. The van der Waals surface area contributed by atoms with Crippen molar-refractivity contribution in [3.8, 4) is 0 Å². The molecule has 2 aromatic heterocycles. The van der Waals surface area contributed by atoms with E-state index >= 15 is 0 Å². The van der Waals surface area contributed by atoms with Crippen LogP contribution < -0.4 is 0 Å².